The van der Waals surface area contributed by atoms with E-state index in [1.807, 2.05) is 0 Å². The Balaban J connectivity index is 1.17. The van der Waals surface area contributed by atoms with Gasteiger partial charge in [0, 0.05) is 45.2 Å². The van der Waals surface area contributed by atoms with Crippen LogP contribution in [-0.2, 0) is 5.41 Å². The second kappa shape index (κ2) is 13.3. The van der Waals surface area contributed by atoms with Crippen molar-refractivity contribution in [3.8, 4) is 11.1 Å². The highest BCUT2D eigenvalue weighted by atomic mass is 15.2. The van der Waals surface area contributed by atoms with E-state index < -0.39 is 0 Å². The molecule has 0 saturated carbocycles. The predicted octanol–water partition coefficient (Wildman–Crippen LogP) is 14.5. The first-order valence-electron chi connectivity index (χ1n) is 19.4. The molecule has 3 aliphatic carbocycles. The van der Waals surface area contributed by atoms with Crippen molar-refractivity contribution in [2.45, 2.75) is 25.7 Å². The van der Waals surface area contributed by atoms with Crippen LogP contribution >= 0.6 is 0 Å². The summed E-state index contributed by atoms with van der Waals surface area (Å²) in [5, 5.41) is 2.47. The minimum absolute atomic E-state index is 0.125. The maximum Gasteiger partial charge on any atom is 0.0540 e. The van der Waals surface area contributed by atoms with Crippen LogP contribution in [0.1, 0.15) is 37.0 Å². The molecule has 3 aliphatic rings. The molecule has 2 heteroatoms. The summed E-state index contributed by atoms with van der Waals surface area (Å²) in [5.74, 6) is 0.462. The molecule has 1 atom stereocenters. The maximum atomic E-state index is 2.47. The van der Waals surface area contributed by atoms with Crippen LogP contribution in [0.25, 0.3) is 27.5 Å². The van der Waals surface area contributed by atoms with Gasteiger partial charge in [-0.3, -0.25) is 0 Å². The van der Waals surface area contributed by atoms with Crippen LogP contribution in [0.2, 0.25) is 0 Å². The fourth-order valence-electron chi connectivity index (χ4n) is 9.01. The molecule has 7 aromatic carbocycles. The molecule has 0 heterocycles. The van der Waals surface area contributed by atoms with Gasteiger partial charge in [0.1, 0.15) is 0 Å². The molecule has 2 nitrogen and oxygen atoms in total. The quantitative estimate of drug-likeness (QED) is 0.163. The van der Waals surface area contributed by atoms with Gasteiger partial charge in [0.15, 0.2) is 0 Å². The van der Waals surface area contributed by atoms with Crippen LogP contribution < -0.4 is 9.80 Å². The standard InChI is InChI=1S/C53H42N2/c1-53(2)50-27-14-13-25-47(50)48-31-30-44(36-51(48)53)55(43-23-15-22-42(35-43)54(40-18-5-3-6-19-40)41-20-7-4-8-21-41)52-33-32-45(46-24-11-12-26-49(46)52)39-29-28-37-16-9-10-17-38(37)34-39/h3-27,29-37H,28H2,1-2H3. The summed E-state index contributed by atoms with van der Waals surface area (Å²) in [6.45, 7) is 4.73. The average molecular weight is 707 g/mol. The van der Waals surface area contributed by atoms with E-state index in [1.165, 1.54) is 49.7 Å². The smallest absolute Gasteiger partial charge is 0.0540 e. The lowest BCUT2D eigenvalue weighted by molar-refractivity contribution is 0.660. The molecule has 0 aromatic heterocycles. The summed E-state index contributed by atoms with van der Waals surface area (Å²) in [7, 11) is 0. The minimum Gasteiger partial charge on any atom is -0.310 e. The zero-order valence-corrected chi connectivity index (χ0v) is 31.2. The lowest BCUT2D eigenvalue weighted by Gasteiger charge is -2.31. The largest absolute Gasteiger partial charge is 0.310 e. The molecule has 1 unspecified atom stereocenters. The van der Waals surface area contributed by atoms with Gasteiger partial charge in [0.25, 0.3) is 0 Å². The highest BCUT2D eigenvalue weighted by molar-refractivity contribution is 6.06. The number of hydrogen-bond acceptors (Lipinski definition) is 2. The van der Waals surface area contributed by atoms with Crippen molar-refractivity contribution >= 4 is 50.5 Å². The Kier molecular flexibility index (Phi) is 7.99. The zero-order valence-electron chi connectivity index (χ0n) is 31.2. The fourth-order valence-corrected chi connectivity index (χ4v) is 9.01. The molecule has 0 spiro atoms. The summed E-state index contributed by atoms with van der Waals surface area (Å²) in [5.41, 5.74) is 15.9. The van der Waals surface area contributed by atoms with Gasteiger partial charge in [-0.15, -0.1) is 0 Å². The second-order valence-corrected chi connectivity index (χ2v) is 15.3. The number of nitrogens with zero attached hydrogens (tertiary/aromatic N) is 2. The number of rotatable bonds is 7. The number of allylic oxidation sites excluding steroid dienone is 8. The van der Waals surface area contributed by atoms with Gasteiger partial charge in [0.2, 0.25) is 0 Å². The Bertz CT molecular complexity index is 2670. The number of fused-ring (bicyclic) bond motifs is 5. The van der Waals surface area contributed by atoms with Crippen LogP contribution in [0.3, 0.4) is 0 Å². The molecule has 7 aromatic rings. The Morgan fingerprint density at radius 2 is 1.11 bits per heavy atom. The highest BCUT2D eigenvalue weighted by Gasteiger charge is 2.36. The number of para-hydroxylation sites is 2. The van der Waals surface area contributed by atoms with Crippen molar-refractivity contribution in [3.63, 3.8) is 0 Å². The summed E-state index contributed by atoms with van der Waals surface area (Å²) >= 11 is 0. The Hall–Kier alpha value is -6.64. The zero-order chi connectivity index (χ0) is 36.9. The summed E-state index contributed by atoms with van der Waals surface area (Å²) in [6.07, 6.45) is 14.7. The van der Waals surface area contributed by atoms with Crippen molar-refractivity contribution in [1.82, 2.24) is 0 Å². The third-order valence-corrected chi connectivity index (χ3v) is 11.7. The summed E-state index contributed by atoms with van der Waals surface area (Å²) in [4.78, 5) is 4.82. The van der Waals surface area contributed by atoms with Crippen LogP contribution in [0.15, 0.2) is 206 Å². The van der Waals surface area contributed by atoms with Crippen LogP contribution in [-0.4, -0.2) is 0 Å². The lowest BCUT2D eigenvalue weighted by atomic mass is 9.82. The van der Waals surface area contributed by atoms with Crippen molar-refractivity contribution in [3.05, 3.63) is 223 Å². The first-order valence-corrected chi connectivity index (χ1v) is 19.4. The molecule has 0 amide bonds. The summed E-state index contributed by atoms with van der Waals surface area (Å²) in [6, 6.07) is 59.9. The van der Waals surface area contributed by atoms with E-state index >= 15 is 0 Å². The minimum atomic E-state index is -0.125. The maximum absolute atomic E-state index is 2.47. The van der Waals surface area contributed by atoms with Crippen molar-refractivity contribution in [1.29, 1.82) is 0 Å². The van der Waals surface area contributed by atoms with Gasteiger partial charge in [0.05, 0.1) is 5.69 Å². The number of hydrogen-bond donors (Lipinski definition) is 0. The van der Waals surface area contributed by atoms with E-state index in [1.54, 1.807) is 0 Å². The molecule has 0 fully saturated rings. The SMILES string of the molecule is CC1(C)c2ccccc2-c2ccc(N(c3cccc(N(c4ccccc4)c4ccccc4)c3)c3ccc(C4=CCC5C=CC=CC5=C4)c4ccccc34)cc21. The number of benzene rings is 7. The Morgan fingerprint density at radius 3 is 1.89 bits per heavy atom. The molecular formula is C53H42N2. The molecule has 0 bridgehead atoms. The van der Waals surface area contributed by atoms with Crippen molar-refractivity contribution in [2.24, 2.45) is 5.92 Å². The van der Waals surface area contributed by atoms with Crippen molar-refractivity contribution in [2.75, 3.05) is 9.80 Å². The molecule has 264 valence electrons. The van der Waals surface area contributed by atoms with E-state index in [0.717, 1.165) is 40.5 Å². The number of anilines is 6. The van der Waals surface area contributed by atoms with Gasteiger partial charge >= 0.3 is 0 Å². The Morgan fingerprint density at radius 1 is 0.491 bits per heavy atom. The molecule has 0 N–H and O–H groups in total. The predicted molar refractivity (Wildman–Crippen MR) is 233 cm³/mol. The fraction of sp³-hybridized carbons (Fsp3) is 0.0943. The normalized spacial score (nSPS) is 16.1. The van der Waals surface area contributed by atoms with Gasteiger partial charge < -0.3 is 9.80 Å². The average Bonchev–Trinajstić information content (AvgIpc) is 3.47. The van der Waals surface area contributed by atoms with E-state index in [4.69, 9.17) is 0 Å². The first-order chi connectivity index (χ1) is 27.0. The first kappa shape index (κ1) is 33.0. The van der Waals surface area contributed by atoms with Gasteiger partial charge in [-0.25, -0.2) is 0 Å². The van der Waals surface area contributed by atoms with E-state index in [0.29, 0.717) is 5.92 Å². The molecule has 0 radical (unpaired) electrons. The van der Waals surface area contributed by atoms with Crippen molar-refractivity contribution < 1.29 is 0 Å². The van der Waals surface area contributed by atoms with Gasteiger partial charge in [-0.2, -0.15) is 0 Å². The van der Waals surface area contributed by atoms with Gasteiger partial charge in [-0.05, 0) is 111 Å². The third-order valence-electron chi connectivity index (χ3n) is 11.7. The van der Waals surface area contributed by atoms with E-state index in [9.17, 15) is 0 Å². The lowest BCUT2D eigenvalue weighted by Crippen LogP contribution is -2.17. The molecule has 55 heavy (non-hydrogen) atoms. The van der Waals surface area contributed by atoms with E-state index in [-0.39, 0.29) is 5.41 Å². The van der Waals surface area contributed by atoms with Crippen LogP contribution in [0.5, 0.6) is 0 Å². The van der Waals surface area contributed by atoms with Crippen LogP contribution in [0.4, 0.5) is 34.1 Å². The highest BCUT2D eigenvalue weighted by Crippen LogP contribution is 2.52. The summed E-state index contributed by atoms with van der Waals surface area (Å²) < 4.78 is 0. The third kappa shape index (κ3) is 5.65. The van der Waals surface area contributed by atoms with E-state index in [2.05, 4.69) is 224 Å². The topological polar surface area (TPSA) is 6.48 Å². The molecule has 0 aliphatic heterocycles. The second-order valence-electron chi connectivity index (χ2n) is 15.3. The van der Waals surface area contributed by atoms with Gasteiger partial charge in [-0.1, -0.05) is 153 Å². The molecule has 10 rings (SSSR count). The monoisotopic (exact) mass is 706 g/mol. The van der Waals surface area contributed by atoms with Crippen LogP contribution in [0, 0.1) is 5.92 Å². The Labute approximate surface area is 324 Å². The molecule has 0 saturated heterocycles. The molecular weight excluding hydrogens is 665 g/mol.